The first-order valence-corrected chi connectivity index (χ1v) is 12.9. The van der Waals surface area contributed by atoms with Crippen LogP contribution in [0.5, 0.6) is 0 Å². The molecule has 0 bridgehead atoms. The lowest BCUT2D eigenvalue weighted by Gasteiger charge is -2.72. The molecule has 4 aliphatic rings. The highest BCUT2D eigenvalue weighted by Gasteiger charge is 2.73. The minimum Gasteiger partial charge on any atom is -0.481 e. The van der Waals surface area contributed by atoms with Gasteiger partial charge >= 0.3 is 5.97 Å². The van der Waals surface area contributed by atoms with Crippen LogP contribution in [0.2, 0.25) is 0 Å². The van der Waals surface area contributed by atoms with Crippen LogP contribution in [0.1, 0.15) is 99.3 Å². The van der Waals surface area contributed by atoms with E-state index in [1.165, 1.54) is 0 Å². The predicted molar refractivity (Wildman–Crippen MR) is 122 cm³/mol. The SMILES string of the molecule is C[C@H](CCC(=O)O)[C@H]1CC[C@@]2(C)[C@@H]3[C@H](O)C[C@@H]4C[C@H](O)CC[C@]4(C)[C@@]3(C)C[C@H](C)[C@]12C. The van der Waals surface area contributed by atoms with Crippen molar-refractivity contribution in [1.82, 2.24) is 0 Å². The van der Waals surface area contributed by atoms with Crippen LogP contribution >= 0.6 is 0 Å². The number of fused-ring (bicyclic) bond motifs is 5. The molecule has 0 unspecified atom stereocenters. The van der Waals surface area contributed by atoms with E-state index in [0.29, 0.717) is 23.7 Å². The van der Waals surface area contributed by atoms with Gasteiger partial charge in [0.05, 0.1) is 12.2 Å². The first-order valence-electron chi connectivity index (χ1n) is 12.9. The zero-order valence-corrected chi connectivity index (χ0v) is 20.7. The third-order valence-corrected chi connectivity index (χ3v) is 12.3. The molecule has 0 spiro atoms. The maximum Gasteiger partial charge on any atom is 0.303 e. The van der Waals surface area contributed by atoms with Gasteiger partial charge in [-0.3, -0.25) is 4.79 Å². The van der Waals surface area contributed by atoms with Gasteiger partial charge in [-0.2, -0.15) is 0 Å². The molecule has 3 N–H and O–H groups in total. The fourth-order valence-electron chi connectivity index (χ4n) is 10.3. The van der Waals surface area contributed by atoms with Crippen LogP contribution in [-0.2, 0) is 4.79 Å². The minimum atomic E-state index is -0.691. The molecule has 4 fully saturated rings. The summed E-state index contributed by atoms with van der Waals surface area (Å²) in [4.78, 5) is 11.2. The van der Waals surface area contributed by atoms with Gasteiger partial charge in [0.25, 0.3) is 0 Å². The Balaban J connectivity index is 1.72. The van der Waals surface area contributed by atoms with Gasteiger partial charge in [-0.15, -0.1) is 0 Å². The van der Waals surface area contributed by atoms with Crippen molar-refractivity contribution in [2.75, 3.05) is 0 Å². The highest BCUT2D eigenvalue weighted by molar-refractivity contribution is 5.66. The molecule has 0 radical (unpaired) electrons. The first-order chi connectivity index (χ1) is 14.3. The van der Waals surface area contributed by atoms with Crippen molar-refractivity contribution < 1.29 is 20.1 Å². The Hall–Kier alpha value is -0.610. The summed E-state index contributed by atoms with van der Waals surface area (Å²) in [6.07, 6.45) is 7.53. The maximum atomic E-state index is 11.7. The van der Waals surface area contributed by atoms with Crippen LogP contribution in [-0.4, -0.2) is 33.5 Å². The molecule has 4 saturated carbocycles. The van der Waals surface area contributed by atoms with Gasteiger partial charge in [0, 0.05) is 6.42 Å². The van der Waals surface area contributed by atoms with Crippen molar-refractivity contribution in [2.24, 2.45) is 51.2 Å². The number of hydrogen-bond acceptors (Lipinski definition) is 3. The zero-order chi connectivity index (χ0) is 23.0. The van der Waals surface area contributed by atoms with E-state index in [-0.39, 0.29) is 46.2 Å². The minimum absolute atomic E-state index is 0.0605. The molecular weight excluding hydrogens is 388 g/mol. The van der Waals surface area contributed by atoms with E-state index in [9.17, 15) is 20.1 Å². The molecular formula is C27H46O4. The Kier molecular flexibility index (Phi) is 5.66. The molecule has 4 heteroatoms. The molecule has 0 aromatic rings. The molecule has 178 valence electrons. The third-order valence-electron chi connectivity index (χ3n) is 12.3. The quantitative estimate of drug-likeness (QED) is 0.546. The lowest BCUT2D eigenvalue weighted by atomic mass is 9.32. The van der Waals surface area contributed by atoms with E-state index in [0.717, 1.165) is 51.4 Å². The van der Waals surface area contributed by atoms with Crippen molar-refractivity contribution in [2.45, 2.75) is 112 Å². The van der Waals surface area contributed by atoms with E-state index in [4.69, 9.17) is 0 Å². The van der Waals surface area contributed by atoms with E-state index in [1.54, 1.807) is 0 Å². The van der Waals surface area contributed by atoms with Crippen LogP contribution in [0.3, 0.4) is 0 Å². The van der Waals surface area contributed by atoms with E-state index < -0.39 is 5.97 Å². The molecule has 0 saturated heterocycles. The monoisotopic (exact) mass is 434 g/mol. The molecule has 31 heavy (non-hydrogen) atoms. The van der Waals surface area contributed by atoms with Gasteiger partial charge in [0.1, 0.15) is 0 Å². The third kappa shape index (κ3) is 3.02. The molecule has 0 heterocycles. The van der Waals surface area contributed by atoms with E-state index >= 15 is 0 Å². The van der Waals surface area contributed by atoms with Gasteiger partial charge in [0.15, 0.2) is 0 Å². The number of hydrogen-bond donors (Lipinski definition) is 3. The molecule has 0 aliphatic heterocycles. The average Bonchev–Trinajstić information content (AvgIpc) is 2.94. The molecule has 11 atom stereocenters. The normalized spacial score (nSPS) is 55.1. The zero-order valence-electron chi connectivity index (χ0n) is 20.7. The van der Waals surface area contributed by atoms with Crippen molar-refractivity contribution >= 4 is 5.97 Å². The molecule has 0 amide bonds. The largest absolute Gasteiger partial charge is 0.481 e. The molecule has 0 aromatic carbocycles. The van der Waals surface area contributed by atoms with Gasteiger partial charge in [-0.1, -0.05) is 41.5 Å². The highest BCUT2D eigenvalue weighted by Crippen LogP contribution is 2.78. The molecule has 4 nitrogen and oxygen atoms in total. The molecule has 4 rings (SSSR count). The number of aliphatic hydroxyl groups is 2. The number of carbonyl (C=O) groups is 1. The molecule has 0 aromatic heterocycles. The Bertz CT molecular complexity index is 722. The van der Waals surface area contributed by atoms with Gasteiger partial charge in [-0.05, 0) is 103 Å². The first kappa shape index (κ1) is 23.5. The second-order valence-electron chi connectivity index (χ2n) is 13.1. The standard InChI is InChI=1S/C27H46O4/c1-16(7-8-22(30)31)20-10-12-25(4)23-21(29)14-18-13-19(28)9-11-24(18,3)26(23,5)15-17(2)27(20,25)6/h16-21,23,28-29H,7-15H2,1-6H3,(H,30,31)/t16-,17+,18+,19-,20-,21-,23+,24+,25+,26+,27-/m1/s1. The van der Waals surface area contributed by atoms with Crippen molar-refractivity contribution in [3.05, 3.63) is 0 Å². The summed E-state index contributed by atoms with van der Waals surface area (Å²) >= 11 is 0. The maximum absolute atomic E-state index is 11.7. The summed E-state index contributed by atoms with van der Waals surface area (Å²) in [6.45, 7) is 14.6. The highest BCUT2D eigenvalue weighted by atomic mass is 16.4. The number of carboxylic acid groups (broad SMARTS) is 1. The summed E-state index contributed by atoms with van der Waals surface area (Å²) in [5, 5.41) is 31.3. The summed E-state index contributed by atoms with van der Waals surface area (Å²) in [7, 11) is 0. The fraction of sp³-hybridized carbons (Fsp3) is 0.963. The Morgan fingerprint density at radius 1 is 1.00 bits per heavy atom. The van der Waals surface area contributed by atoms with E-state index in [1.807, 2.05) is 0 Å². The second-order valence-corrected chi connectivity index (χ2v) is 13.1. The number of carboxylic acids is 1. The fourth-order valence-corrected chi connectivity index (χ4v) is 10.3. The van der Waals surface area contributed by atoms with Crippen LogP contribution < -0.4 is 0 Å². The van der Waals surface area contributed by atoms with E-state index in [2.05, 4.69) is 41.5 Å². The van der Waals surface area contributed by atoms with Gasteiger partial charge in [-0.25, -0.2) is 0 Å². The predicted octanol–water partition coefficient (Wildman–Crippen LogP) is 5.50. The van der Waals surface area contributed by atoms with Crippen LogP contribution in [0.25, 0.3) is 0 Å². The van der Waals surface area contributed by atoms with Gasteiger partial charge in [0.2, 0.25) is 0 Å². The van der Waals surface area contributed by atoms with Crippen LogP contribution in [0, 0.1) is 51.2 Å². The Morgan fingerprint density at radius 3 is 2.29 bits per heavy atom. The second kappa shape index (κ2) is 7.45. The lowest BCUT2D eigenvalue weighted by molar-refractivity contribution is -0.267. The van der Waals surface area contributed by atoms with Crippen LogP contribution in [0.15, 0.2) is 0 Å². The summed E-state index contributed by atoms with van der Waals surface area (Å²) < 4.78 is 0. The number of aliphatic hydroxyl groups excluding tert-OH is 2. The van der Waals surface area contributed by atoms with Crippen molar-refractivity contribution in [1.29, 1.82) is 0 Å². The van der Waals surface area contributed by atoms with Gasteiger partial charge < -0.3 is 15.3 Å². The van der Waals surface area contributed by atoms with Crippen molar-refractivity contribution in [3.8, 4) is 0 Å². The number of rotatable bonds is 4. The Morgan fingerprint density at radius 2 is 1.65 bits per heavy atom. The summed E-state index contributed by atoms with van der Waals surface area (Å²) in [5.41, 5.74) is 0.419. The topological polar surface area (TPSA) is 77.8 Å². The lowest BCUT2D eigenvalue weighted by Crippen LogP contribution is -2.69. The molecule has 4 aliphatic carbocycles. The average molecular weight is 435 g/mol. The summed E-state index contributed by atoms with van der Waals surface area (Å²) in [5.74, 6) is 1.43. The number of aliphatic carboxylic acids is 1. The summed E-state index contributed by atoms with van der Waals surface area (Å²) in [6, 6.07) is 0. The van der Waals surface area contributed by atoms with Crippen LogP contribution in [0.4, 0.5) is 0 Å². The Labute approximate surface area is 189 Å². The smallest absolute Gasteiger partial charge is 0.303 e. The van der Waals surface area contributed by atoms with Crippen molar-refractivity contribution in [3.63, 3.8) is 0 Å².